The lowest BCUT2D eigenvalue weighted by atomic mass is 10.2. The van der Waals surface area contributed by atoms with Crippen LogP contribution < -0.4 is 20.1 Å². The Morgan fingerprint density at radius 2 is 1.90 bits per heavy atom. The average molecular weight is 393 g/mol. The first kappa shape index (κ1) is 18.7. The largest absolute Gasteiger partial charge is 0.454 e. The molecule has 0 radical (unpaired) electrons. The van der Waals surface area contributed by atoms with Crippen LogP contribution >= 0.6 is 0 Å². The molecule has 0 bridgehead atoms. The van der Waals surface area contributed by atoms with Gasteiger partial charge >= 0.3 is 0 Å². The molecule has 8 nitrogen and oxygen atoms in total. The Kier molecular flexibility index (Phi) is 5.26. The second kappa shape index (κ2) is 8.15. The van der Waals surface area contributed by atoms with Crippen molar-refractivity contribution < 1.29 is 24.2 Å². The molecule has 1 aromatic heterocycles. The quantitative estimate of drug-likeness (QED) is 0.584. The number of nitrogens with one attached hydrogen (secondary N) is 2. The summed E-state index contributed by atoms with van der Waals surface area (Å²) in [6.07, 6.45) is 0. The molecule has 1 atom stereocenters. The number of hydrogen-bond acceptors (Lipinski definition) is 6. The van der Waals surface area contributed by atoms with Gasteiger partial charge in [-0.1, -0.05) is 30.3 Å². The Labute approximate surface area is 166 Å². The number of aliphatic hydroxyl groups is 1. The third kappa shape index (κ3) is 4.12. The number of aliphatic hydroxyl groups excluding tert-OH is 1. The van der Waals surface area contributed by atoms with E-state index in [0.29, 0.717) is 17.0 Å². The number of fused-ring (bicyclic) bond motifs is 2. The van der Waals surface area contributed by atoms with Crippen LogP contribution in [0.5, 0.6) is 11.5 Å². The number of pyridine rings is 1. The number of carbonyl (C=O) groups is 2. The van der Waals surface area contributed by atoms with Crippen LogP contribution in [0.15, 0.2) is 54.6 Å². The zero-order chi connectivity index (χ0) is 20.2. The summed E-state index contributed by atoms with van der Waals surface area (Å²) in [7, 11) is 0. The number of nitrogens with zero attached hydrogens (tertiary/aromatic N) is 1. The lowest BCUT2D eigenvalue weighted by molar-refractivity contribution is -0.124. The highest BCUT2D eigenvalue weighted by Gasteiger charge is 2.21. The van der Waals surface area contributed by atoms with Gasteiger partial charge in [0.05, 0.1) is 12.1 Å². The molecule has 1 aliphatic rings. The van der Waals surface area contributed by atoms with Gasteiger partial charge in [-0.25, -0.2) is 4.98 Å². The Bertz CT molecular complexity index is 1070. The van der Waals surface area contributed by atoms with Crippen molar-refractivity contribution in [2.24, 2.45) is 0 Å². The molecule has 2 aromatic carbocycles. The number of amides is 2. The Morgan fingerprint density at radius 1 is 1.07 bits per heavy atom. The fourth-order valence-corrected chi connectivity index (χ4v) is 2.98. The van der Waals surface area contributed by atoms with Crippen LogP contribution in [-0.2, 0) is 11.3 Å². The van der Waals surface area contributed by atoms with Crippen molar-refractivity contribution in [3.05, 3.63) is 65.9 Å². The van der Waals surface area contributed by atoms with Crippen LogP contribution in [0.2, 0.25) is 0 Å². The van der Waals surface area contributed by atoms with E-state index >= 15 is 0 Å². The lowest BCUT2D eigenvalue weighted by Crippen LogP contribution is -2.48. The number of rotatable bonds is 6. The highest BCUT2D eigenvalue weighted by molar-refractivity contribution is 5.97. The smallest absolute Gasteiger partial charge is 0.270 e. The molecule has 8 heteroatoms. The number of aromatic nitrogens is 1. The second-order valence-corrected chi connectivity index (χ2v) is 6.50. The molecule has 1 aliphatic heterocycles. The predicted octanol–water partition coefficient (Wildman–Crippen LogP) is 1.37. The van der Waals surface area contributed by atoms with Gasteiger partial charge in [-0.3, -0.25) is 9.59 Å². The van der Waals surface area contributed by atoms with Crippen LogP contribution in [-0.4, -0.2) is 41.3 Å². The van der Waals surface area contributed by atoms with E-state index in [1.807, 2.05) is 18.2 Å². The van der Waals surface area contributed by atoms with Crippen molar-refractivity contribution >= 4 is 22.7 Å². The molecule has 2 amide bonds. The summed E-state index contributed by atoms with van der Waals surface area (Å²) in [4.78, 5) is 29.2. The van der Waals surface area contributed by atoms with E-state index in [-0.39, 0.29) is 19.0 Å². The van der Waals surface area contributed by atoms with Crippen LogP contribution in [0.3, 0.4) is 0 Å². The third-order valence-corrected chi connectivity index (χ3v) is 4.54. The number of para-hydroxylation sites is 1. The van der Waals surface area contributed by atoms with E-state index in [9.17, 15) is 14.7 Å². The van der Waals surface area contributed by atoms with Crippen molar-refractivity contribution in [3.8, 4) is 11.5 Å². The van der Waals surface area contributed by atoms with Crippen molar-refractivity contribution in [1.29, 1.82) is 0 Å². The molecule has 29 heavy (non-hydrogen) atoms. The van der Waals surface area contributed by atoms with Crippen molar-refractivity contribution in [3.63, 3.8) is 0 Å². The molecule has 148 valence electrons. The van der Waals surface area contributed by atoms with Crippen LogP contribution in [0.4, 0.5) is 0 Å². The highest BCUT2D eigenvalue weighted by atomic mass is 16.7. The summed E-state index contributed by atoms with van der Waals surface area (Å²) in [6.45, 7) is -0.144. The first-order valence-electron chi connectivity index (χ1n) is 9.08. The number of carbonyl (C=O) groups excluding carboxylic acids is 2. The monoisotopic (exact) mass is 393 g/mol. The standard InChI is InChI=1S/C21H19N3O5/c25-11-17(20(26)22-10-13-5-8-18-19(9-13)29-12-28-18)24-21(27)16-7-6-14-3-1-2-4-15(14)23-16/h1-9,17,25H,10-12H2,(H,22,26)(H,24,27). The van der Waals surface area contributed by atoms with Crippen molar-refractivity contribution in [2.75, 3.05) is 13.4 Å². The fraction of sp³-hybridized carbons (Fsp3) is 0.190. The van der Waals surface area contributed by atoms with Crippen molar-refractivity contribution in [1.82, 2.24) is 15.6 Å². The van der Waals surface area contributed by atoms with Gasteiger partial charge in [-0.15, -0.1) is 0 Å². The maximum Gasteiger partial charge on any atom is 0.270 e. The Balaban J connectivity index is 1.38. The van der Waals surface area contributed by atoms with Crippen molar-refractivity contribution in [2.45, 2.75) is 12.6 Å². The van der Waals surface area contributed by atoms with Gasteiger partial charge in [0.1, 0.15) is 11.7 Å². The van der Waals surface area contributed by atoms with Gasteiger partial charge in [0.15, 0.2) is 11.5 Å². The molecule has 4 rings (SSSR count). The van der Waals surface area contributed by atoms with Gasteiger partial charge in [-0.05, 0) is 29.8 Å². The highest BCUT2D eigenvalue weighted by Crippen LogP contribution is 2.32. The lowest BCUT2D eigenvalue weighted by Gasteiger charge is -2.16. The zero-order valence-electron chi connectivity index (χ0n) is 15.4. The fourth-order valence-electron chi connectivity index (χ4n) is 2.98. The second-order valence-electron chi connectivity index (χ2n) is 6.50. The van der Waals surface area contributed by atoms with Gasteiger partial charge in [0.2, 0.25) is 12.7 Å². The molecular weight excluding hydrogens is 374 g/mol. The van der Waals surface area contributed by atoms with Gasteiger partial charge < -0.3 is 25.2 Å². The summed E-state index contributed by atoms with van der Waals surface area (Å²) < 4.78 is 10.6. The molecule has 0 saturated heterocycles. The van der Waals surface area contributed by atoms with E-state index < -0.39 is 24.5 Å². The molecule has 0 aliphatic carbocycles. The molecule has 0 fully saturated rings. The van der Waals surface area contributed by atoms with E-state index in [1.54, 1.807) is 36.4 Å². The maximum atomic E-state index is 12.5. The minimum atomic E-state index is -1.09. The molecule has 1 unspecified atom stereocenters. The minimum absolute atomic E-state index is 0.172. The van der Waals surface area contributed by atoms with E-state index in [0.717, 1.165) is 10.9 Å². The normalized spacial score (nSPS) is 13.1. The first-order chi connectivity index (χ1) is 14.1. The average Bonchev–Trinajstić information content (AvgIpc) is 3.23. The summed E-state index contributed by atoms with van der Waals surface area (Å²) in [6, 6.07) is 15.0. The molecule has 3 N–H and O–H groups in total. The summed E-state index contributed by atoms with van der Waals surface area (Å²) >= 11 is 0. The Hall–Kier alpha value is -3.65. The first-order valence-corrected chi connectivity index (χ1v) is 9.08. The van der Waals surface area contributed by atoms with Crippen LogP contribution in [0, 0.1) is 0 Å². The predicted molar refractivity (Wildman–Crippen MR) is 104 cm³/mol. The third-order valence-electron chi connectivity index (χ3n) is 4.54. The number of benzene rings is 2. The zero-order valence-corrected chi connectivity index (χ0v) is 15.4. The summed E-state index contributed by atoms with van der Waals surface area (Å²) in [5.41, 5.74) is 1.65. The van der Waals surface area contributed by atoms with E-state index in [1.165, 1.54) is 0 Å². The van der Waals surface area contributed by atoms with Crippen LogP contribution in [0.25, 0.3) is 10.9 Å². The Morgan fingerprint density at radius 3 is 2.76 bits per heavy atom. The topological polar surface area (TPSA) is 110 Å². The molecule has 3 aromatic rings. The van der Waals surface area contributed by atoms with E-state index in [2.05, 4.69) is 15.6 Å². The SMILES string of the molecule is O=C(NC(CO)C(=O)NCc1ccc2c(c1)OCO2)c1ccc2ccccc2n1. The molecule has 0 saturated carbocycles. The van der Waals surface area contributed by atoms with E-state index in [4.69, 9.17) is 9.47 Å². The maximum absolute atomic E-state index is 12.5. The summed E-state index contributed by atoms with van der Waals surface area (Å²) in [5, 5.41) is 15.7. The molecular formula is C21H19N3O5. The van der Waals surface area contributed by atoms with Gasteiger partial charge in [0, 0.05) is 11.9 Å². The van der Waals surface area contributed by atoms with Gasteiger partial charge in [-0.2, -0.15) is 0 Å². The van der Waals surface area contributed by atoms with Gasteiger partial charge in [0.25, 0.3) is 5.91 Å². The number of ether oxygens (including phenoxy) is 2. The molecule has 0 spiro atoms. The summed E-state index contributed by atoms with van der Waals surface area (Å²) in [5.74, 6) is 0.238. The van der Waals surface area contributed by atoms with Crippen LogP contribution in [0.1, 0.15) is 16.1 Å². The number of hydrogen-bond donors (Lipinski definition) is 3. The minimum Gasteiger partial charge on any atom is -0.454 e. The molecule has 2 heterocycles.